The zero-order valence-electron chi connectivity index (χ0n) is 8.21. The van der Waals surface area contributed by atoms with Gasteiger partial charge in [-0.1, -0.05) is 15.9 Å². The number of hydrogen-bond acceptors (Lipinski definition) is 2. The SMILES string of the molecule is Fc1cc(Br)ccc1OC1CCCCO1. The van der Waals surface area contributed by atoms with Gasteiger partial charge in [-0.3, -0.25) is 0 Å². The highest BCUT2D eigenvalue weighted by atomic mass is 79.9. The summed E-state index contributed by atoms with van der Waals surface area (Å²) in [5, 5.41) is 0. The number of ether oxygens (including phenoxy) is 2. The largest absolute Gasteiger partial charge is 0.462 e. The van der Waals surface area contributed by atoms with E-state index in [0.717, 1.165) is 19.3 Å². The van der Waals surface area contributed by atoms with E-state index in [9.17, 15) is 4.39 Å². The van der Waals surface area contributed by atoms with Crippen LogP contribution in [0.4, 0.5) is 4.39 Å². The first-order chi connectivity index (χ1) is 7.25. The molecule has 0 N–H and O–H groups in total. The number of hydrogen-bond donors (Lipinski definition) is 0. The van der Waals surface area contributed by atoms with Crippen molar-refractivity contribution in [2.45, 2.75) is 25.6 Å². The van der Waals surface area contributed by atoms with E-state index in [0.29, 0.717) is 11.1 Å². The molecule has 4 heteroatoms. The lowest BCUT2D eigenvalue weighted by Crippen LogP contribution is -2.25. The average molecular weight is 275 g/mol. The van der Waals surface area contributed by atoms with Crippen LogP contribution < -0.4 is 4.74 Å². The maximum atomic E-state index is 13.4. The third-order valence-electron chi connectivity index (χ3n) is 2.29. The van der Waals surface area contributed by atoms with Gasteiger partial charge in [-0.25, -0.2) is 4.39 Å². The van der Waals surface area contributed by atoms with Gasteiger partial charge in [0.25, 0.3) is 0 Å². The van der Waals surface area contributed by atoms with E-state index in [1.165, 1.54) is 6.07 Å². The zero-order valence-corrected chi connectivity index (χ0v) is 9.80. The third-order valence-corrected chi connectivity index (χ3v) is 2.78. The Morgan fingerprint density at radius 3 is 2.93 bits per heavy atom. The first-order valence-corrected chi connectivity index (χ1v) is 5.78. The van der Waals surface area contributed by atoms with Crippen LogP contribution in [-0.2, 0) is 4.74 Å². The van der Waals surface area contributed by atoms with Gasteiger partial charge in [0.2, 0.25) is 0 Å². The van der Waals surface area contributed by atoms with Crippen molar-refractivity contribution in [3.05, 3.63) is 28.5 Å². The Morgan fingerprint density at radius 1 is 1.40 bits per heavy atom. The van der Waals surface area contributed by atoms with Gasteiger partial charge in [0.1, 0.15) is 0 Å². The first kappa shape index (κ1) is 10.9. The quantitative estimate of drug-likeness (QED) is 0.822. The molecule has 1 aromatic carbocycles. The smallest absolute Gasteiger partial charge is 0.199 e. The molecule has 1 saturated heterocycles. The molecule has 15 heavy (non-hydrogen) atoms. The van der Waals surface area contributed by atoms with Gasteiger partial charge in [0.05, 0.1) is 6.61 Å². The Bertz CT molecular complexity index is 337. The van der Waals surface area contributed by atoms with Crippen molar-refractivity contribution < 1.29 is 13.9 Å². The molecule has 1 atom stereocenters. The molecule has 0 aliphatic carbocycles. The molecule has 0 saturated carbocycles. The second-order valence-electron chi connectivity index (χ2n) is 3.49. The first-order valence-electron chi connectivity index (χ1n) is 4.99. The lowest BCUT2D eigenvalue weighted by Gasteiger charge is -2.23. The highest BCUT2D eigenvalue weighted by Crippen LogP contribution is 2.24. The fourth-order valence-corrected chi connectivity index (χ4v) is 1.85. The fourth-order valence-electron chi connectivity index (χ4n) is 1.52. The molecule has 2 rings (SSSR count). The summed E-state index contributed by atoms with van der Waals surface area (Å²) in [5.74, 6) is -0.108. The molecule has 1 aromatic rings. The Morgan fingerprint density at radius 2 is 2.27 bits per heavy atom. The van der Waals surface area contributed by atoms with Crippen molar-refractivity contribution in [3.8, 4) is 5.75 Å². The summed E-state index contributed by atoms with van der Waals surface area (Å²) in [6.07, 6.45) is 2.66. The predicted octanol–water partition coefficient (Wildman–Crippen LogP) is 3.49. The van der Waals surface area contributed by atoms with E-state index < -0.39 is 0 Å². The lowest BCUT2D eigenvalue weighted by atomic mass is 10.2. The molecule has 1 aliphatic heterocycles. The lowest BCUT2D eigenvalue weighted by molar-refractivity contribution is -0.107. The second-order valence-corrected chi connectivity index (χ2v) is 4.40. The van der Waals surface area contributed by atoms with E-state index in [-0.39, 0.29) is 17.9 Å². The van der Waals surface area contributed by atoms with Crippen molar-refractivity contribution in [3.63, 3.8) is 0 Å². The van der Waals surface area contributed by atoms with Crippen LogP contribution in [0.15, 0.2) is 22.7 Å². The van der Waals surface area contributed by atoms with Crippen LogP contribution in [0.2, 0.25) is 0 Å². The van der Waals surface area contributed by atoms with Crippen LogP contribution in [0.3, 0.4) is 0 Å². The van der Waals surface area contributed by atoms with Crippen LogP contribution >= 0.6 is 15.9 Å². The molecular formula is C11H12BrFO2. The molecule has 1 aliphatic rings. The highest BCUT2D eigenvalue weighted by molar-refractivity contribution is 9.10. The van der Waals surface area contributed by atoms with E-state index in [2.05, 4.69) is 15.9 Å². The van der Waals surface area contributed by atoms with E-state index >= 15 is 0 Å². The molecular weight excluding hydrogens is 263 g/mol. The fraction of sp³-hybridized carbons (Fsp3) is 0.455. The number of benzene rings is 1. The summed E-state index contributed by atoms with van der Waals surface area (Å²) < 4.78 is 24.9. The molecule has 1 heterocycles. The maximum Gasteiger partial charge on any atom is 0.199 e. The minimum atomic E-state index is -0.362. The third kappa shape index (κ3) is 2.92. The summed E-state index contributed by atoms with van der Waals surface area (Å²) >= 11 is 3.19. The minimum absolute atomic E-state index is 0.255. The average Bonchev–Trinajstić information content (AvgIpc) is 2.24. The van der Waals surface area contributed by atoms with Crippen molar-refractivity contribution in [1.82, 2.24) is 0 Å². The summed E-state index contributed by atoms with van der Waals surface area (Å²) in [6.45, 7) is 0.697. The van der Waals surface area contributed by atoms with Crippen LogP contribution in [0.1, 0.15) is 19.3 Å². The normalized spacial score (nSPS) is 21.3. The summed E-state index contributed by atoms with van der Waals surface area (Å²) in [5.41, 5.74) is 0. The van der Waals surface area contributed by atoms with Crippen molar-refractivity contribution in [2.75, 3.05) is 6.61 Å². The van der Waals surface area contributed by atoms with Gasteiger partial charge < -0.3 is 9.47 Å². The maximum absolute atomic E-state index is 13.4. The predicted molar refractivity (Wildman–Crippen MR) is 58.3 cm³/mol. The van der Waals surface area contributed by atoms with Crippen LogP contribution in [-0.4, -0.2) is 12.9 Å². The Labute approximate surface area is 96.5 Å². The Balaban J connectivity index is 2.03. The van der Waals surface area contributed by atoms with E-state index in [4.69, 9.17) is 9.47 Å². The van der Waals surface area contributed by atoms with Crippen LogP contribution in [0, 0.1) is 5.82 Å². The molecule has 1 fully saturated rings. The number of rotatable bonds is 2. The summed E-state index contributed by atoms with van der Waals surface area (Å²) in [7, 11) is 0. The molecule has 1 unspecified atom stereocenters. The van der Waals surface area contributed by atoms with Crippen LogP contribution in [0.5, 0.6) is 5.75 Å². The summed E-state index contributed by atoms with van der Waals surface area (Å²) in [6, 6.07) is 4.75. The van der Waals surface area contributed by atoms with Crippen molar-refractivity contribution in [1.29, 1.82) is 0 Å². The Hall–Kier alpha value is -0.610. The standard InChI is InChI=1S/C11H12BrFO2/c12-8-4-5-10(9(13)7-8)15-11-3-1-2-6-14-11/h4-5,7,11H,1-3,6H2. The second kappa shape index (κ2) is 4.94. The van der Waals surface area contributed by atoms with Crippen molar-refractivity contribution in [2.24, 2.45) is 0 Å². The van der Waals surface area contributed by atoms with Gasteiger partial charge in [-0.15, -0.1) is 0 Å². The van der Waals surface area contributed by atoms with Gasteiger partial charge in [0, 0.05) is 10.9 Å². The van der Waals surface area contributed by atoms with E-state index in [1.54, 1.807) is 12.1 Å². The van der Waals surface area contributed by atoms with Gasteiger partial charge in [0.15, 0.2) is 17.9 Å². The van der Waals surface area contributed by atoms with Gasteiger partial charge >= 0.3 is 0 Å². The molecule has 0 aromatic heterocycles. The molecule has 0 amide bonds. The topological polar surface area (TPSA) is 18.5 Å². The zero-order chi connectivity index (χ0) is 10.7. The molecule has 0 radical (unpaired) electrons. The molecule has 0 spiro atoms. The monoisotopic (exact) mass is 274 g/mol. The number of halogens is 2. The molecule has 0 bridgehead atoms. The molecule has 82 valence electrons. The van der Waals surface area contributed by atoms with Crippen molar-refractivity contribution >= 4 is 15.9 Å². The van der Waals surface area contributed by atoms with E-state index in [1.807, 2.05) is 0 Å². The molecule has 2 nitrogen and oxygen atoms in total. The summed E-state index contributed by atoms with van der Waals surface area (Å²) in [4.78, 5) is 0. The van der Waals surface area contributed by atoms with Gasteiger partial charge in [-0.05, 0) is 31.0 Å². The van der Waals surface area contributed by atoms with Crippen LogP contribution in [0.25, 0.3) is 0 Å². The minimum Gasteiger partial charge on any atom is -0.462 e. The Kier molecular flexibility index (Phi) is 3.59. The van der Waals surface area contributed by atoms with Gasteiger partial charge in [-0.2, -0.15) is 0 Å². The highest BCUT2D eigenvalue weighted by Gasteiger charge is 2.16.